The van der Waals surface area contributed by atoms with Crippen LogP contribution in [0.1, 0.15) is 29.7 Å². The molecule has 0 radical (unpaired) electrons. The van der Waals surface area contributed by atoms with Crippen molar-refractivity contribution in [1.29, 1.82) is 0 Å². The number of nitrogens with two attached hydrogens (primary N) is 1. The smallest absolute Gasteiger partial charge is 0.284 e. The second kappa shape index (κ2) is 8.54. The van der Waals surface area contributed by atoms with Gasteiger partial charge in [0, 0.05) is 19.7 Å². The Balaban J connectivity index is 1.72. The van der Waals surface area contributed by atoms with Crippen molar-refractivity contribution in [3.63, 3.8) is 0 Å². The van der Waals surface area contributed by atoms with Gasteiger partial charge in [0.25, 0.3) is 5.91 Å². The monoisotopic (exact) mass is 324 g/mol. The van der Waals surface area contributed by atoms with E-state index < -0.39 is 5.91 Å². The molecule has 2 rings (SSSR count). The lowest BCUT2D eigenvalue weighted by atomic mass is 10.3. The van der Waals surface area contributed by atoms with E-state index in [0.717, 1.165) is 13.0 Å². The van der Waals surface area contributed by atoms with E-state index in [2.05, 4.69) is 15.6 Å². The van der Waals surface area contributed by atoms with Gasteiger partial charge >= 0.3 is 0 Å². The summed E-state index contributed by atoms with van der Waals surface area (Å²) in [5.74, 6) is 0.792. The Morgan fingerprint density at radius 3 is 3.00 bits per heavy atom. The van der Waals surface area contributed by atoms with Crippen LogP contribution in [0.15, 0.2) is 21.5 Å². The van der Waals surface area contributed by atoms with Crippen molar-refractivity contribution in [3.05, 3.63) is 23.7 Å². The van der Waals surface area contributed by atoms with Crippen LogP contribution >= 0.6 is 0 Å². The SMILES string of the molecule is CN=C(NCc1ccc(C(N)=O)o1)NC(C)COC1CCOC1. The van der Waals surface area contributed by atoms with Crippen molar-refractivity contribution in [2.45, 2.75) is 32.0 Å². The summed E-state index contributed by atoms with van der Waals surface area (Å²) in [5, 5.41) is 6.34. The van der Waals surface area contributed by atoms with Gasteiger partial charge in [0.2, 0.25) is 0 Å². The summed E-state index contributed by atoms with van der Waals surface area (Å²) >= 11 is 0. The lowest BCUT2D eigenvalue weighted by molar-refractivity contribution is 0.0347. The summed E-state index contributed by atoms with van der Waals surface area (Å²) in [6.45, 7) is 4.42. The van der Waals surface area contributed by atoms with E-state index in [1.54, 1.807) is 19.2 Å². The molecule has 1 aromatic rings. The zero-order chi connectivity index (χ0) is 16.7. The van der Waals surface area contributed by atoms with Gasteiger partial charge in [-0.1, -0.05) is 0 Å². The van der Waals surface area contributed by atoms with Crippen LogP contribution in [-0.2, 0) is 16.0 Å². The highest BCUT2D eigenvalue weighted by Crippen LogP contribution is 2.08. The molecule has 2 unspecified atom stereocenters. The van der Waals surface area contributed by atoms with Crippen LogP contribution in [0.4, 0.5) is 0 Å². The number of aliphatic imine (C=N–C) groups is 1. The number of hydrogen-bond acceptors (Lipinski definition) is 5. The molecule has 1 aliphatic heterocycles. The highest BCUT2D eigenvalue weighted by molar-refractivity contribution is 5.89. The van der Waals surface area contributed by atoms with Crippen LogP contribution in [0, 0.1) is 0 Å². The molecule has 1 aliphatic rings. The maximum atomic E-state index is 11.0. The number of ether oxygens (including phenoxy) is 2. The molecule has 0 aromatic carbocycles. The van der Waals surface area contributed by atoms with E-state index in [1.807, 2.05) is 6.92 Å². The van der Waals surface area contributed by atoms with Gasteiger partial charge in [-0.25, -0.2) is 0 Å². The average Bonchev–Trinajstić information content (AvgIpc) is 3.20. The molecule has 8 nitrogen and oxygen atoms in total. The number of furan rings is 1. The number of carbonyl (C=O) groups excluding carboxylic acids is 1. The van der Waals surface area contributed by atoms with Gasteiger partial charge in [-0.3, -0.25) is 9.79 Å². The molecule has 1 fully saturated rings. The van der Waals surface area contributed by atoms with E-state index in [0.29, 0.717) is 31.5 Å². The average molecular weight is 324 g/mol. The minimum Gasteiger partial charge on any atom is -0.454 e. The summed E-state index contributed by atoms with van der Waals surface area (Å²) in [6, 6.07) is 3.35. The third kappa shape index (κ3) is 5.57. The lowest BCUT2D eigenvalue weighted by Gasteiger charge is -2.19. The highest BCUT2D eigenvalue weighted by atomic mass is 16.5. The third-order valence-electron chi connectivity index (χ3n) is 3.41. The van der Waals surface area contributed by atoms with Crippen LogP contribution in [0.25, 0.3) is 0 Å². The summed E-state index contributed by atoms with van der Waals surface area (Å²) in [7, 11) is 1.69. The largest absolute Gasteiger partial charge is 0.454 e. The van der Waals surface area contributed by atoms with Gasteiger partial charge in [-0.05, 0) is 25.5 Å². The summed E-state index contributed by atoms with van der Waals surface area (Å²) in [4.78, 5) is 15.1. The zero-order valence-corrected chi connectivity index (χ0v) is 13.5. The molecule has 8 heteroatoms. The van der Waals surface area contributed by atoms with Gasteiger partial charge in [0.15, 0.2) is 11.7 Å². The normalized spacial score (nSPS) is 19.6. The minimum atomic E-state index is -0.583. The Morgan fingerprint density at radius 2 is 2.39 bits per heavy atom. The summed E-state index contributed by atoms with van der Waals surface area (Å²) < 4.78 is 16.3. The predicted molar refractivity (Wildman–Crippen MR) is 85.2 cm³/mol. The Hall–Kier alpha value is -2.06. The molecule has 0 saturated carbocycles. The number of hydrogen-bond donors (Lipinski definition) is 3. The second-order valence-electron chi connectivity index (χ2n) is 5.42. The predicted octanol–water partition coefficient (Wildman–Crippen LogP) is 0.238. The molecule has 2 heterocycles. The van der Waals surface area contributed by atoms with Crippen LogP contribution in [-0.4, -0.2) is 50.9 Å². The maximum absolute atomic E-state index is 11.0. The fourth-order valence-corrected chi connectivity index (χ4v) is 2.17. The van der Waals surface area contributed by atoms with E-state index in [4.69, 9.17) is 19.6 Å². The van der Waals surface area contributed by atoms with Crippen molar-refractivity contribution in [2.75, 3.05) is 26.9 Å². The molecule has 1 saturated heterocycles. The van der Waals surface area contributed by atoms with Crippen molar-refractivity contribution in [1.82, 2.24) is 10.6 Å². The molecular weight excluding hydrogens is 300 g/mol. The first kappa shape index (κ1) is 17.3. The van der Waals surface area contributed by atoms with Crippen LogP contribution < -0.4 is 16.4 Å². The van der Waals surface area contributed by atoms with Gasteiger partial charge < -0.3 is 30.3 Å². The standard InChI is InChI=1S/C15H24N4O4/c1-10(8-22-12-5-6-21-9-12)19-15(17-2)18-7-11-3-4-13(23-11)14(16)20/h3-4,10,12H,5-9H2,1-2H3,(H2,16,20)(H2,17,18,19). The highest BCUT2D eigenvalue weighted by Gasteiger charge is 2.17. The number of rotatable bonds is 7. The Bertz CT molecular complexity index is 537. The van der Waals surface area contributed by atoms with Crippen molar-refractivity contribution in [2.24, 2.45) is 10.7 Å². The van der Waals surface area contributed by atoms with Crippen molar-refractivity contribution < 1.29 is 18.7 Å². The number of primary amides is 1. The van der Waals surface area contributed by atoms with E-state index in [-0.39, 0.29) is 17.9 Å². The number of guanidine groups is 1. The fraction of sp³-hybridized carbons (Fsp3) is 0.600. The molecular formula is C15H24N4O4. The number of nitrogens with one attached hydrogen (secondary N) is 2. The maximum Gasteiger partial charge on any atom is 0.284 e. The minimum absolute atomic E-state index is 0.0968. The first-order chi connectivity index (χ1) is 11.1. The molecule has 128 valence electrons. The quantitative estimate of drug-likeness (QED) is 0.489. The third-order valence-corrected chi connectivity index (χ3v) is 3.41. The number of carbonyl (C=O) groups is 1. The molecule has 2 atom stereocenters. The van der Waals surface area contributed by atoms with Crippen molar-refractivity contribution in [3.8, 4) is 0 Å². The van der Waals surface area contributed by atoms with Gasteiger partial charge in [-0.2, -0.15) is 0 Å². The van der Waals surface area contributed by atoms with Gasteiger partial charge in [-0.15, -0.1) is 0 Å². The van der Waals surface area contributed by atoms with Gasteiger partial charge in [0.05, 0.1) is 25.9 Å². The number of nitrogens with zero attached hydrogens (tertiary/aromatic N) is 1. The summed E-state index contributed by atoms with van der Waals surface area (Å²) in [5.41, 5.74) is 5.15. The van der Waals surface area contributed by atoms with Crippen LogP contribution in [0.5, 0.6) is 0 Å². The topological polar surface area (TPSA) is 111 Å². The Kier molecular flexibility index (Phi) is 6.42. The van der Waals surface area contributed by atoms with E-state index >= 15 is 0 Å². The zero-order valence-electron chi connectivity index (χ0n) is 13.5. The van der Waals surface area contributed by atoms with Gasteiger partial charge in [0.1, 0.15) is 5.76 Å². The van der Waals surface area contributed by atoms with E-state index in [1.165, 1.54) is 0 Å². The van der Waals surface area contributed by atoms with E-state index in [9.17, 15) is 4.79 Å². The van der Waals surface area contributed by atoms with Crippen LogP contribution in [0.2, 0.25) is 0 Å². The Labute approximate surface area is 135 Å². The van der Waals surface area contributed by atoms with Crippen molar-refractivity contribution >= 4 is 11.9 Å². The first-order valence-corrected chi connectivity index (χ1v) is 7.63. The molecule has 23 heavy (non-hydrogen) atoms. The molecule has 0 spiro atoms. The molecule has 1 aromatic heterocycles. The molecule has 4 N–H and O–H groups in total. The summed E-state index contributed by atoms with van der Waals surface area (Å²) in [6.07, 6.45) is 1.13. The number of amides is 1. The lowest BCUT2D eigenvalue weighted by Crippen LogP contribution is -2.44. The second-order valence-corrected chi connectivity index (χ2v) is 5.42. The first-order valence-electron chi connectivity index (χ1n) is 7.63. The molecule has 1 amide bonds. The molecule has 0 aliphatic carbocycles. The van der Waals surface area contributed by atoms with Crippen LogP contribution in [0.3, 0.4) is 0 Å². The fourth-order valence-electron chi connectivity index (χ4n) is 2.17. The molecule has 0 bridgehead atoms. The Morgan fingerprint density at radius 1 is 1.57 bits per heavy atom.